The first-order valence-electron chi connectivity index (χ1n) is 4.24. The lowest BCUT2D eigenvalue weighted by molar-refractivity contribution is 0.644. The molecule has 0 rings (SSSR count). The van der Waals surface area contributed by atoms with Crippen molar-refractivity contribution in [1.29, 1.82) is 0 Å². The molecular weight excluding hydrogens is 172 g/mol. The monoisotopic (exact) mass is 192 g/mol. The van der Waals surface area contributed by atoms with Gasteiger partial charge < -0.3 is 0 Å². The van der Waals surface area contributed by atoms with E-state index in [2.05, 4.69) is 40.3 Å². The molecule has 0 heterocycles. The maximum Gasteiger partial charge on any atom is 0.00752 e. The quantitative estimate of drug-likeness (QED) is 0.666. The summed E-state index contributed by atoms with van der Waals surface area (Å²) in [6.07, 6.45) is 1.26. The van der Waals surface area contributed by atoms with Gasteiger partial charge in [-0.25, -0.2) is 0 Å². The second-order valence-corrected chi connectivity index (χ2v) is 6.09. The Morgan fingerprint density at radius 3 is 2.18 bits per heavy atom. The molecule has 0 bridgehead atoms. The fourth-order valence-electron chi connectivity index (χ4n) is 0.668. The Balaban J connectivity index is 3.51. The van der Waals surface area contributed by atoms with Gasteiger partial charge in [-0.2, -0.15) is 24.4 Å². The smallest absolute Gasteiger partial charge is 0.00752 e. The zero-order valence-electron chi connectivity index (χ0n) is 8.05. The standard InChI is InChI=1S/C9H20S2/c1-5-8(6-10)7-11-9(2,3)4/h8,10H,5-7H2,1-4H3. The molecule has 0 aromatic heterocycles. The predicted octanol–water partition coefficient (Wildman–Crippen LogP) is 3.47. The van der Waals surface area contributed by atoms with Crippen LogP contribution in [0.25, 0.3) is 0 Å². The van der Waals surface area contributed by atoms with E-state index in [1.807, 2.05) is 11.8 Å². The Labute approximate surface area is 80.9 Å². The minimum Gasteiger partial charge on any atom is -0.179 e. The highest BCUT2D eigenvalue weighted by molar-refractivity contribution is 8.00. The molecule has 0 aromatic carbocycles. The van der Waals surface area contributed by atoms with Gasteiger partial charge in [0.2, 0.25) is 0 Å². The van der Waals surface area contributed by atoms with Crippen LogP contribution in [0.5, 0.6) is 0 Å². The summed E-state index contributed by atoms with van der Waals surface area (Å²) >= 11 is 6.35. The summed E-state index contributed by atoms with van der Waals surface area (Å²) in [5.41, 5.74) is 0. The molecule has 68 valence electrons. The van der Waals surface area contributed by atoms with E-state index in [4.69, 9.17) is 0 Å². The molecule has 0 spiro atoms. The average molecular weight is 192 g/mol. The van der Waals surface area contributed by atoms with E-state index >= 15 is 0 Å². The third-order valence-electron chi connectivity index (χ3n) is 1.59. The highest BCUT2D eigenvalue weighted by Crippen LogP contribution is 2.26. The molecule has 0 aliphatic carbocycles. The summed E-state index contributed by atoms with van der Waals surface area (Å²) in [6.45, 7) is 9.04. The van der Waals surface area contributed by atoms with E-state index in [1.165, 1.54) is 12.2 Å². The van der Waals surface area contributed by atoms with Crippen molar-refractivity contribution in [2.24, 2.45) is 5.92 Å². The Morgan fingerprint density at radius 2 is 1.91 bits per heavy atom. The summed E-state index contributed by atoms with van der Waals surface area (Å²) in [6, 6.07) is 0. The number of thioether (sulfide) groups is 1. The van der Waals surface area contributed by atoms with Crippen molar-refractivity contribution in [3.8, 4) is 0 Å². The molecule has 0 nitrogen and oxygen atoms in total. The normalized spacial score (nSPS) is 15.0. The van der Waals surface area contributed by atoms with E-state index in [1.54, 1.807) is 0 Å². The summed E-state index contributed by atoms with van der Waals surface area (Å²) in [5.74, 6) is 3.07. The minimum atomic E-state index is 0.413. The van der Waals surface area contributed by atoms with Crippen LogP contribution in [-0.2, 0) is 0 Å². The molecule has 11 heavy (non-hydrogen) atoms. The van der Waals surface area contributed by atoms with Crippen LogP contribution in [0.15, 0.2) is 0 Å². The van der Waals surface area contributed by atoms with Gasteiger partial charge in [0.15, 0.2) is 0 Å². The van der Waals surface area contributed by atoms with Crippen molar-refractivity contribution in [3.05, 3.63) is 0 Å². The van der Waals surface area contributed by atoms with Crippen LogP contribution >= 0.6 is 24.4 Å². The minimum absolute atomic E-state index is 0.413. The number of rotatable bonds is 4. The number of hydrogen-bond acceptors (Lipinski definition) is 2. The molecule has 0 saturated carbocycles. The van der Waals surface area contributed by atoms with E-state index in [9.17, 15) is 0 Å². The van der Waals surface area contributed by atoms with Gasteiger partial charge in [-0.3, -0.25) is 0 Å². The largest absolute Gasteiger partial charge is 0.179 e. The third kappa shape index (κ3) is 7.07. The highest BCUT2D eigenvalue weighted by atomic mass is 32.2. The number of thiol groups is 1. The zero-order valence-corrected chi connectivity index (χ0v) is 9.77. The molecule has 0 amide bonds. The molecular formula is C9H20S2. The fraction of sp³-hybridized carbons (Fsp3) is 1.00. The first kappa shape index (κ1) is 11.7. The number of hydrogen-bond donors (Lipinski definition) is 1. The Kier molecular flexibility index (Phi) is 5.71. The molecule has 1 atom stereocenters. The maximum absolute atomic E-state index is 4.31. The predicted molar refractivity (Wildman–Crippen MR) is 59.8 cm³/mol. The summed E-state index contributed by atoms with van der Waals surface area (Å²) in [5, 5.41) is 0. The third-order valence-corrected chi connectivity index (χ3v) is 3.61. The second kappa shape index (κ2) is 5.36. The molecule has 0 aromatic rings. The molecule has 1 unspecified atom stereocenters. The Bertz CT molecular complexity index is 90.2. The van der Waals surface area contributed by atoms with Gasteiger partial charge in [0.25, 0.3) is 0 Å². The lowest BCUT2D eigenvalue weighted by Gasteiger charge is -2.20. The molecule has 2 heteroatoms. The lowest BCUT2D eigenvalue weighted by Crippen LogP contribution is -2.13. The van der Waals surface area contributed by atoms with Crippen LogP contribution in [0, 0.1) is 5.92 Å². The van der Waals surface area contributed by atoms with Crippen LogP contribution in [-0.4, -0.2) is 16.3 Å². The molecule has 0 saturated heterocycles. The van der Waals surface area contributed by atoms with Gasteiger partial charge in [0.1, 0.15) is 0 Å². The maximum atomic E-state index is 4.31. The van der Waals surface area contributed by atoms with Crippen LogP contribution in [0.4, 0.5) is 0 Å². The summed E-state index contributed by atoms with van der Waals surface area (Å²) in [7, 11) is 0. The van der Waals surface area contributed by atoms with E-state index in [0.29, 0.717) is 4.75 Å². The average Bonchev–Trinajstić information content (AvgIpc) is 1.88. The van der Waals surface area contributed by atoms with Gasteiger partial charge in [-0.15, -0.1) is 0 Å². The van der Waals surface area contributed by atoms with Crippen LogP contribution in [0.1, 0.15) is 34.1 Å². The SMILES string of the molecule is CCC(CS)CSC(C)(C)C. The van der Waals surface area contributed by atoms with Crippen molar-refractivity contribution >= 4 is 24.4 Å². The van der Waals surface area contributed by atoms with Gasteiger partial charge in [-0.05, 0) is 17.4 Å². The van der Waals surface area contributed by atoms with Crippen molar-refractivity contribution in [2.75, 3.05) is 11.5 Å². The van der Waals surface area contributed by atoms with Crippen molar-refractivity contribution < 1.29 is 0 Å². The van der Waals surface area contributed by atoms with Crippen molar-refractivity contribution in [1.82, 2.24) is 0 Å². The molecule has 0 radical (unpaired) electrons. The van der Waals surface area contributed by atoms with Crippen LogP contribution in [0.2, 0.25) is 0 Å². The van der Waals surface area contributed by atoms with Crippen molar-refractivity contribution in [3.63, 3.8) is 0 Å². The van der Waals surface area contributed by atoms with Crippen molar-refractivity contribution in [2.45, 2.75) is 38.9 Å². The van der Waals surface area contributed by atoms with Gasteiger partial charge in [0.05, 0.1) is 0 Å². The Hall–Kier alpha value is 0.700. The zero-order chi connectivity index (χ0) is 8.91. The van der Waals surface area contributed by atoms with E-state index in [0.717, 1.165) is 11.7 Å². The van der Waals surface area contributed by atoms with Crippen LogP contribution in [0.3, 0.4) is 0 Å². The van der Waals surface area contributed by atoms with E-state index < -0.39 is 0 Å². The second-order valence-electron chi connectivity index (χ2n) is 3.88. The lowest BCUT2D eigenvalue weighted by atomic mass is 10.2. The molecule has 0 fully saturated rings. The molecule has 0 aliphatic heterocycles. The van der Waals surface area contributed by atoms with Gasteiger partial charge in [-0.1, -0.05) is 34.1 Å². The topological polar surface area (TPSA) is 0 Å². The first-order valence-corrected chi connectivity index (χ1v) is 5.86. The fourth-order valence-corrected chi connectivity index (χ4v) is 2.32. The molecule has 0 aliphatic rings. The van der Waals surface area contributed by atoms with Gasteiger partial charge >= 0.3 is 0 Å². The molecule has 0 N–H and O–H groups in total. The summed E-state index contributed by atoms with van der Waals surface area (Å²) < 4.78 is 0.413. The van der Waals surface area contributed by atoms with Gasteiger partial charge in [0, 0.05) is 4.75 Å². The van der Waals surface area contributed by atoms with Crippen LogP contribution < -0.4 is 0 Å². The summed E-state index contributed by atoms with van der Waals surface area (Å²) in [4.78, 5) is 0. The highest BCUT2D eigenvalue weighted by Gasteiger charge is 2.13. The first-order chi connectivity index (χ1) is 4.99. The van der Waals surface area contributed by atoms with E-state index in [-0.39, 0.29) is 0 Å². The Morgan fingerprint density at radius 1 is 1.36 bits per heavy atom.